The largest absolute Gasteiger partial charge is 0.461 e. The molecule has 0 aliphatic carbocycles. The van der Waals surface area contributed by atoms with Gasteiger partial charge >= 0.3 is 6.09 Å². The lowest BCUT2D eigenvalue weighted by Gasteiger charge is -2.40. The fourth-order valence-corrected chi connectivity index (χ4v) is 5.91. The van der Waals surface area contributed by atoms with Crippen molar-refractivity contribution in [3.63, 3.8) is 0 Å². The Bertz CT molecular complexity index is 1350. The van der Waals surface area contributed by atoms with Crippen LogP contribution in [-0.4, -0.2) is 59.9 Å². The second-order valence-electron chi connectivity index (χ2n) is 10.3. The minimum absolute atomic E-state index is 0.000475. The van der Waals surface area contributed by atoms with Crippen molar-refractivity contribution in [3.05, 3.63) is 65.4 Å². The molecule has 192 valence electrons. The Labute approximate surface area is 215 Å². The predicted octanol–water partition coefficient (Wildman–Crippen LogP) is 4.92. The molecule has 2 aromatic carbocycles. The highest BCUT2D eigenvalue weighted by Gasteiger charge is 2.35. The normalized spacial score (nSPS) is 19.2. The van der Waals surface area contributed by atoms with E-state index in [0.717, 1.165) is 53.9 Å². The topological polar surface area (TPSA) is 83.3 Å². The van der Waals surface area contributed by atoms with Gasteiger partial charge in [0.2, 0.25) is 5.91 Å². The molecule has 0 saturated carbocycles. The van der Waals surface area contributed by atoms with Gasteiger partial charge in [0.05, 0.1) is 5.69 Å². The van der Waals surface area contributed by atoms with E-state index in [1.807, 2.05) is 58.3 Å². The molecule has 0 N–H and O–H groups in total. The third kappa shape index (κ3) is 4.45. The monoisotopic (exact) mass is 501 g/mol. The zero-order valence-corrected chi connectivity index (χ0v) is 21.0. The zero-order valence-electron chi connectivity index (χ0n) is 21.0. The summed E-state index contributed by atoms with van der Waals surface area (Å²) in [6.45, 7) is 4.58. The number of amides is 3. The number of fused-ring (bicyclic) bond motifs is 2. The molecule has 3 aromatic rings. The first-order valence-electron chi connectivity index (χ1n) is 13.1. The molecule has 6 rings (SSSR count). The lowest BCUT2D eigenvalue weighted by Crippen LogP contribution is -2.50. The smallest absolute Gasteiger partial charge is 0.414 e. The van der Waals surface area contributed by atoms with Crippen LogP contribution in [0.2, 0.25) is 0 Å². The molecule has 2 fully saturated rings. The van der Waals surface area contributed by atoms with E-state index in [0.29, 0.717) is 38.1 Å². The van der Waals surface area contributed by atoms with Crippen LogP contribution in [0, 0.1) is 0 Å². The molecule has 4 heterocycles. The third-order valence-corrected chi connectivity index (χ3v) is 8.04. The molecule has 0 bridgehead atoms. The molecular formula is C29H31N3O5. The van der Waals surface area contributed by atoms with Crippen molar-refractivity contribution in [1.29, 1.82) is 0 Å². The number of furan rings is 1. The Morgan fingerprint density at radius 2 is 1.62 bits per heavy atom. The van der Waals surface area contributed by atoms with E-state index in [-0.39, 0.29) is 29.9 Å². The van der Waals surface area contributed by atoms with Crippen molar-refractivity contribution in [2.45, 2.75) is 51.2 Å². The fraction of sp³-hybridized carbons (Fsp3) is 0.414. The third-order valence-electron chi connectivity index (χ3n) is 8.04. The van der Waals surface area contributed by atoms with E-state index < -0.39 is 0 Å². The first-order chi connectivity index (χ1) is 18.0. The fourth-order valence-electron chi connectivity index (χ4n) is 5.91. The average Bonchev–Trinajstić information content (AvgIpc) is 3.36. The summed E-state index contributed by atoms with van der Waals surface area (Å²) in [6.07, 6.45) is 2.86. The minimum atomic E-state index is -0.309. The lowest BCUT2D eigenvalue weighted by molar-refractivity contribution is -0.129. The zero-order chi connectivity index (χ0) is 25.5. The van der Waals surface area contributed by atoms with Gasteiger partial charge in [0.1, 0.15) is 18.0 Å². The van der Waals surface area contributed by atoms with Crippen LogP contribution in [0.3, 0.4) is 0 Å². The number of nitrogens with zero attached hydrogens (tertiary/aromatic N) is 3. The molecule has 8 nitrogen and oxygen atoms in total. The van der Waals surface area contributed by atoms with Gasteiger partial charge in [-0.1, -0.05) is 18.2 Å². The summed E-state index contributed by atoms with van der Waals surface area (Å²) in [6, 6.07) is 15.5. The molecule has 0 radical (unpaired) electrons. The van der Waals surface area contributed by atoms with Gasteiger partial charge in [0.15, 0.2) is 0 Å². The van der Waals surface area contributed by atoms with Crippen LogP contribution < -0.4 is 4.90 Å². The van der Waals surface area contributed by atoms with Crippen molar-refractivity contribution in [1.82, 2.24) is 9.80 Å². The molecule has 3 amide bonds. The van der Waals surface area contributed by atoms with Crippen LogP contribution in [0.15, 0.2) is 52.9 Å². The van der Waals surface area contributed by atoms with E-state index in [9.17, 15) is 14.4 Å². The summed E-state index contributed by atoms with van der Waals surface area (Å²) < 4.78 is 11.5. The van der Waals surface area contributed by atoms with Crippen molar-refractivity contribution in [3.8, 4) is 0 Å². The summed E-state index contributed by atoms with van der Waals surface area (Å²) in [7, 11) is 0. The number of cyclic esters (lactones) is 1. The van der Waals surface area contributed by atoms with Crippen LogP contribution in [0.25, 0.3) is 11.0 Å². The maximum absolute atomic E-state index is 13.4. The van der Waals surface area contributed by atoms with Crippen LogP contribution in [0.4, 0.5) is 10.5 Å². The predicted molar refractivity (Wildman–Crippen MR) is 138 cm³/mol. The van der Waals surface area contributed by atoms with Gasteiger partial charge in [0, 0.05) is 61.6 Å². The molecule has 37 heavy (non-hydrogen) atoms. The maximum atomic E-state index is 13.4. The maximum Gasteiger partial charge on any atom is 0.414 e. The number of ether oxygens (including phenoxy) is 1. The van der Waals surface area contributed by atoms with E-state index >= 15 is 0 Å². The second kappa shape index (κ2) is 9.57. The lowest BCUT2D eigenvalue weighted by atomic mass is 9.94. The molecule has 3 aliphatic heterocycles. The van der Waals surface area contributed by atoms with E-state index in [2.05, 4.69) is 0 Å². The highest BCUT2D eigenvalue weighted by Crippen LogP contribution is 2.34. The van der Waals surface area contributed by atoms with Crippen molar-refractivity contribution in [2.75, 3.05) is 31.1 Å². The Kier molecular flexibility index (Phi) is 6.10. The molecule has 3 aliphatic rings. The second-order valence-corrected chi connectivity index (χ2v) is 10.3. The Morgan fingerprint density at radius 3 is 2.38 bits per heavy atom. The summed E-state index contributed by atoms with van der Waals surface area (Å²) in [4.78, 5) is 43.1. The van der Waals surface area contributed by atoms with Crippen LogP contribution in [0.5, 0.6) is 0 Å². The summed E-state index contributed by atoms with van der Waals surface area (Å²) in [5.41, 5.74) is 3.35. The van der Waals surface area contributed by atoms with Gasteiger partial charge in [-0.15, -0.1) is 0 Å². The van der Waals surface area contributed by atoms with Gasteiger partial charge in [-0.2, -0.15) is 0 Å². The van der Waals surface area contributed by atoms with Crippen LogP contribution in [0.1, 0.15) is 60.2 Å². The summed E-state index contributed by atoms with van der Waals surface area (Å²) >= 11 is 0. The van der Waals surface area contributed by atoms with Gasteiger partial charge in [-0.25, -0.2) is 4.79 Å². The molecule has 1 aromatic heterocycles. The number of likely N-dealkylation sites (tertiary alicyclic amines) is 2. The van der Waals surface area contributed by atoms with Crippen molar-refractivity contribution in [2.24, 2.45) is 0 Å². The quantitative estimate of drug-likeness (QED) is 0.509. The van der Waals surface area contributed by atoms with Gasteiger partial charge in [-0.05, 0) is 56.0 Å². The first kappa shape index (κ1) is 23.6. The first-order valence-corrected chi connectivity index (χ1v) is 13.1. The standard InChI is InChI=1S/C29H31N3O5/c1-19(33)30-12-8-20(9-13-30)27-17-23-16-21(6-7-26(23)37-27)28(34)31-14-10-24(11-15-31)32-25-5-3-2-4-22(25)18-36-29(32)35/h2-7,16-17,20,24H,8-15,18H2,1H3. The van der Waals surface area contributed by atoms with E-state index in [4.69, 9.17) is 9.15 Å². The number of hydrogen-bond donors (Lipinski definition) is 0. The van der Waals surface area contributed by atoms with E-state index in [1.54, 1.807) is 11.8 Å². The number of anilines is 1. The molecule has 0 atom stereocenters. The van der Waals surface area contributed by atoms with Gasteiger partial charge in [0.25, 0.3) is 5.91 Å². The highest BCUT2D eigenvalue weighted by molar-refractivity contribution is 5.98. The Morgan fingerprint density at radius 1 is 0.892 bits per heavy atom. The molecule has 8 heteroatoms. The Hall–Kier alpha value is -3.81. The number of carbonyl (C=O) groups is 3. The molecule has 0 spiro atoms. The minimum Gasteiger partial charge on any atom is -0.461 e. The molecular weight excluding hydrogens is 470 g/mol. The number of benzene rings is 2. The number of piperidine rings is 2. The summed E-state index contributed by atoms with van der Waals surface area (Å²) in [5.74, 6) is 1.33. The number of para-hydroxylation sites is 1. The van der Waals surface area contributed by atoms with Crippen LogP contribution in [-0.2, 0) is 16.1 Å². The van der Waals surface area contributed by atoms with Gasteiger partial charge in [-0.3, -0.25) is 14.5 Å². The van der Waals surface area contributed by atoms with Crippen molar-refractivity contribution >= 4 is 34.6 Å². The van der Waals surface area contributed by atoms with Crippen molar-refractivity contribution < 1.29 is 23.5 Å². The Balaban J connectivity index is 1.12. The number of hydrogen-bond acceptors (Lipinski definition) is 5. The number of rotatable bonds is 3. The molecule has 0 unspecified atom stereocenters. The summed E-state index contributed by atoms with van der Waals surface area (Å²) in [5, 5.41) is 0.928. The SMILES string of the molecule is CC(=O)N1CCC(c2cc3cc(C(=O)N4CCC(N5C(=O)OCc6ccccc65)CC4)ccc3o2)CC1. The average molecular weight is 502 g/mol. The highest BCUT2D eigenvalue weighted by atomic mass is 16.6. The van der Waals surface area contributed by atoms with Crippen LogP contribution >= 0.6 is 0 Å². The molecule has 2 saturated heterocycles. The number of carbonyl (C=O) groups excluding carboxylic acids is 3. The van der Waals surface area contributed by atoms with Gasteiger partial charge < -0.3 is 19.0 Å². The van der Waals surface area contributed by atoms with E-state index in [1.165, 1.54) is 0 Å².